The number of aldehydes is 1. The van der Waals surface area contributed by atoms with Gasteiger partial charge in [0.1, 0.15) is 6.29 Å². The van der Waals surface area contributed by atoms with Gasteiger partial charge in [0.05, 0.1) is 0 Å². The highest BCUT2D eigenvalue weighted by atomic mass is 16.1. The molecule has 100 valence electrons. The van der Waals surface area contributed by atoms with E-state index in [0.717, 1.165) is 11.8 Å². The zero-order valence-corrected chi connectivity index (χ0v) is 10.5. The zero-order valence-electron chi connectivity index (χ0n) is 10.5. The first-order valence-electron chi connectivity index (χ1n) is 5.86. The fraction of sp³-hybridized carbons (Fsp3) is 0.214. The Hall–Kier alpha value is -2.43. The first-order valence-corrected chi connectivity index (χ1v) is 5.86. The minimum Gasteiger partial charge on any atom is -0.355 e. The van der Waals surface area contributed by atoms with Gasteiger partial charge in [0.2, 0.25) is 6.41 Å². The summed E-state index contributed by atoms with van der Waals surface area (Å²) < 4.78 is 0. The zero-order chi connectivity index (χ0) is 14.1. The maximum Gasteiger partial charge on any atom is 0.250 e. The van der Waals surface area contributed by atoms with Crippen molar-refractivity contribution >= 4 is 24.3 Å². The number of hydrogen-bond acceptors (Lipinski definition) is 3. The predicted molar refractivity (Wildman–Crippen MR) is 72.4 cm³/mol. The van der Waals surface area contributed by atoms with Crippen molar-refractivity contribution in [1.82, 2.24) is 5.32 Å². The van der Waals surface area contributed by atoms with Gasteiger partial charge >= 0.3 is 0 Å². The minimum absolute atomic E-state index is 0.291. The van der Waals surface area contributed by atoms with Crippen LogP contribution in [0.2, 0.25) is 0 Å². The van der Waals surface area contributed by atoms with E-state index >= 15 is 0 Å². The summed E-state index contributed by atoms with van der Waals surface area (Å²) in [6.45, 7) is 4.07. The minimum atomic E-state index is -0.291. The van der Waals surface area contributed by atoms with Crippen LogP contribution in [0.15, 0.2) is 36.4 Å². The van der Waals surface area contributed by atoms with Crippen LogP contribution in [0.25, 0.3) is 0 Å². The van der Waals surface area contributed by atoms with Gasteiger partial charge in [-0.2, -0.15) is 0 Å². The summed E-state index contributed by atoms with van der Waals surface area (Å²) in [5.41, 5.74) is 1.95. The molecule has 0 heterocycles. The van der Waals surface area contributed by atoms with Crippen LogP contribution in [-0.2, 0) is 20.9 Å². The summed E-state index contributed by atoms with van der Waals surface area (Å²) in [4.78, 5) is 32.0. The molecule has 0 saturated carbocycles. The molecule has 0 atom stereocenters. The van der Waals surface area contributed by atoms with Crippen molar-refractivity contribution in [3.8, 4) is 0 Å². The summed E-state index contributed by atoms with van der Waals surface area (Å²) in [6.07, 6.45) is 2.04. The first kappa shape index (κ1) is 14.6. The lowest BCUT2D eigenvalue weighted by atomic mass is 10.1. The first-order chi connectivity index (χ1) is 9.17. The molecule has 5 heteroatoms. The number of nitrogens with one attached hydrogen (secondary N) is 2. The molecule has 0 spiro atoms. The van der Waals surface area contributed by atoms with Crippen LogP contribution in [-0.4, -0.2) is 18.6 Å². The Morgan fingerprint density at radius 2 is 1.89 bits per heavy atom. The molecule has 0 aromatic heterocycles. The fourth-order valence-corrected chi connectivity index (χ4v) is 1.43. The molecule has 19 heavy (non-hydrogen) atoms. The number of carbonyl (C=O) groups excluding carboxylic acids is 3. The molecule has 0 aliphatic heterocycles. The lowest BCUT2D eigenvalue weighted by molar-refractivity contribution is -0.113. The molecular weight excluding hydrogens is 244 g/mol. The van der Waals surface area contributed by atoms with Crippen LogP contribution >= 0.6 is 0 Å². The molecule has 1 rings (SSSR count). The fourth-order valence-electron chi connectivity index (χ4n) is 1.43. The second kappa shape index (κ2) is 7.81. The molecule has 1 aromatic rings. The van der Waals surface area contributed by atoms with Gasteiger partial charge in [-0.3, -0.25) is 9.59 Å². The molecule has 0 radical (unpaired) electrons. The monoisotopic (exact) mass is 260 g/mol. The van der Waals surface area contributed by atoms with Crippen molar-refractivity contribution < 1.29 is 14.4 Å². The Morgan fingerprint density at radius 1 is 1.21 bits per heavy atom. The lowest BCUT2D eigenvalue weighted by Crippen LogP contribution is -2.14. The highest BCUT2D eigenvalue weighted by Crippen LogP contribution is 2.11. The number of carbonyl (C=O) groups is 3. The summed E-state index contributed by atoms with van der Waals surface area (Å²) in [6, 6.07) is 7.10. The van der Waals surface area contributed by atoms with E-state index in [0.29, 0.717) is 37.1 Å². The molecule has 1 aromatic carbocycles. The van der Waals surface area contributed by atoms with Gasteiger partial charge < -0.3 is 15.4 Å². The number of benzene rings is 1. The van der Waals surface area contributed by atoms with E-state index in [1.807, 2.05) is 0 Å². The molecule has 0 saturated heterocycles. The van der Waals surface area contributed by atoms with Gasteiger partial charge in [0.25, 0.3) is 5.91 Å². The van der Waals surface area contributed by atoms with Crippen LogP contribution < -0.4 is 10.6 Å². The lowest BCUT2D eigenvalue weighted by Gasteiger charge is -2.07. The molecule has 2 N–H and O–H groups in total. The second-order valence-corrected chi connectivity index (χ2v) is 3.96. The number of hydrogen-bond donors (Lipinski definition) is 2. The van der Waals surface area contributed by atoms with Gasteiger partial charge in [0.15, 0.2) is 0 Å². The second-order valence-electron chi connectivity index (χ2n) is 3.96. The average Bonchev–Trinajstić information content (AvgIpc) is 2.43. The summed E-state index contributed by atoms with van der Waals surface area (Å²) in [7, 11) is 0. The molecule has 2 amide bonds. The van der Waals surface area contributed by atoms with Crippen molar-refractivity contribution in [2.24, 2.45) is 0 Å². The third-order valence-corrected chi connectivity index (χ3v) is 2.49. The molecule has 0 unspecified atom stereocenters. The van der Waals surface area contributed by atoms with E-state index in [9.17, 15) is 14.4 Å². The van der Waals surface area contributed by atoms with E-state index < -0.39 is 0 Å². The van der Waals surface area contributed by atoms with E-state index in [4.69, 9.17) is 0 Å². The van der Waals surface area contributed by atoms with Crippen molar-refractivity contribution in [3.63, 3.8) is 0 Å². The smallest absolute Gasteiger partial charge is 0.250 e. The van der Waals surface area contributed by atoms with Crippen LogP contribution in [0.4, 0.5) is 5.69 Å². The Bertz CT molecular complexity index is 466. The Morgan fingerprint density at radius 3 is 2.47 bits per heavy atom. The molecule has 0 bridgehead atoms. The predicted octanol–water partition coefficient (Wildman–Crippen LogP) is 1.41. The average molecular weight is 260 g/mol. The van der Waals surface area contributed by atoms with Crippen LogP contribution in [0.3, 0.4) is 0 Å². The number of rotatable bonds is 8. The van der Waals surface area contributed by atoms with Gasteiger partial charge in [-0.05, 0) is 24.1 Å². The molecule has 5 nitrogen and oxygen atoms in total. The molecule has 0 fully saturated rings. The maximum absolute atomic E-state index is 11.7. The van der Waals surface area contributed by atoms with Crippen LogP contribution in [0.5, 0.6) is 0 Å². The topological polar surface area (TPSA) is 75.3 Å². The van der Waals surface area contributed by atoms with E-state index in [1.165, 1.54) is 0 Å². The maximum atomic E-state index is 11.7. The standard InChI is InChI=1S/C14H16N2O3/c1-11(3-2-8-17)14(19)16-13-6-4-12(5-7-13)9-15-10-18/h4-8,10H,1-3,9H2,(H,15,18)(H,16,19). The van der Waals surface area contributed by atoms with E-state index in [2.05, 4.69) is 17.2 Å². The van der Waals surface area contributed by atoms with Crippen molar-refractivity contribution in [3.05, 3.63) is 42.0 Å². The third kappa shape index (κ3) is 5.16. The highest BCUT2D eigenvalue weighted by molar-refractivity contribution is 6.03. The summed E-state index contributed by atoms with van der Waals surface area (Å²) in [5.74, 6) is -0.291. The van der Waals surface area contributed by atoms with Crippen molar-refractivity contribution in [1.29, 1.82) is 0 Å². The van der Waals surface area contributed by atoms with Crippen molar-refractivity contribution in [2.75, 3.05) is 5.32 Å². The van der Waals surface area contributed by atoms with Gasteiger partial charge in [0, 0.05) is 24.2 Å². The largest absolute Gasteiger partial charge is 0.355 e. The number of amides is 2. The quantitative estimate of drug-likeness (QED) is 0.548. The Balaban J connectivity index is 2.52. The normalized spacial score (nSPS) is 9.47. The Labute approximate surface area is 111 Å². The molecule has 0 aliphatic carbocycles. The Kier molecular flexibility index (Phi) is 6.02. The SMILES string of the molecule is C=C(CCC=O)C(=O)Nc1ccc(CNC=O)cc1. The van der Waals surface area contributed by atoms with Gasteiger partial charge in [-0.25, -0.2) is 0 Å². The van der Waals surface area contributed by atoms with E-state index in [1.54, 1.807) is 24.3 Å². The van der Waals surface area contributed by atoms with Crippen LogP contribution in [0.1, 0.15) is 18.4 Å². The van der Waals surface area contributed by atoms with Crippen molar-refractivity contribution in [2.45, 2.75) is 19.4 Å². The molecule has 0 aliphatic rings. The summed E-state index contributed by atoms with van der Waals surface area (Å²) in [5, 5.41) is 5.24. The summed E-state index contributed by atoms with van der Waals surface area (Å²) >= 11 is 0. The molecular formula is C14H16N2O3. The number of anilines is 1. The third-order valence-electron chi connectivity index (χ3n) is 2.49. The van der Waals surface area contributed by atoms with Gasteiger partial charge in [-0.1, -0.05) is 18.7 Å². The van der Waals surface area contributed by atoms with Gasteiger partial charge in [-0.15, -0.1) is 0 Å². The highest BCUT2D eigenvalue weighted by Gasteiger charge is 2.06. The van der Waals surface area contributed by atoms with E-state index in [-0.39, 0.29) is 5.91 Å². The van der Waals surface area contributed by atoms with Crippen LogP contribution in [0, 0.1) is 0 Å².